The summed E-state index contributed by atoms with van der Waals surface area (Å²) < 4.78 is 0. The van der Waals surface area contributed by atoms with Gasteiger partial charge in [0.1, 0.15) is 0 Å². The van der Waals surface area contributed by atoms with E-state index in [0.717, 1.165) is 18.9 Å². The molecule has 3 nitrogen and oxygen atoms in total. The first-order valence-corrected chi connectivity index (χ1v) is 3.65. The molecular weight excluding hydrogens is 144 g/mol. The number of carbonyl (C=O) groups is 1. The van der Waals surface area contributed by atoms with E-state index in [1.807, 2.05) is 0 Å². The standard InChI is InChI=1S/C5H12O.C3H4O2/c1-2-3-4-5-6;1-2-3(4)5/h6H,2-5H2,1H3;2H,1H2,(H,4,5). The van der Waals surface area contributed by atoms with E-state index < -0.39 is 5.97 Å². The van der Waals surface area contributed by atoms with Crippen LogP contribution in [0.15, 0.2) is 12.7 Å². The van der Waals surface area contributed by atoms with Crippen molar-refractivity contribution < 1.29 is 15.0 Å². The number of aliphatic carboxylic acids is 1. The molecule has 0 aliphatic heterocycles. The van der Waals surface area contributed by atoms with Gasteiger partial charge in [-0.05, 0) is 6.42 Å². The molecule has 0 saturated heterocycles. The molecule has 0 atom stereocenters. The van der Waals surface area contributed by atoms with Crippen LogP contribution >= 0.6 is 0 Å². The zero-order chi connectivity index (χ0) is 9.11. The van der Waals surface area contributed by atoms with Crippen LogP contribution in [-0.2, 0) is 4.79 Å². The summed E-state index contributed by atoms with van der Waals surface area (Å²) in [4.78, 5) is 9.25. The summed E-state index contributed by atoms with van der Waals surface area (Å²) in [5.74, 6) is -0.981. The molecule has 2 N–H and O–H groups in total. The van der Waals surface area contributed by atoms with Crippen molar-refractivity contribution in [1.82, 2.24) is 0 Å². The van der Waals surface area contributed by atoms with Gasteiger partial charge in [0.15, 0.2) is 0 Å². The van der Waals surface area contributed by atoms with Gasteiger partial charge >= 0.3 is 5.97 Å². The number of unbranched alkanes of at least 4 members (excludes halogenated alkanes) is 2. The van der Waals surface area contributed by atoms with Gasteiger partial charge in [0.2, 0.25) is 0 Å². The van der Waals surface area contributed by atoms with Crippen LogP contribution in [0.2, 0.25) is 0 Å². The van der Waals surface area contributed by atoms with E-state index in [9.17, 15) is 4.79 Å². The lowest BCUT2D eigenvalue weighted by Crippen LogP contribution is -1.82. The molecule has 0 aliphatic carbocycles. The lowest BCUT2D eigenvalue weighted by Gasteiger charge is -1.85. The van der Waals surface area contributed by atoms with Crippen LogP contribution < -0.4 is 0 Å². The highest BCUT2D eigenvalue weighted by Crippen LogP contribution is 1.89. The minimum atomic E-state index is -0.981. The maximum absolute atomic E-state index is 9.25. The van der Waals surface area contributed by atoms with E-state index in [-0.39, 0.29) is 0 Å². The van der Waals surface area contributed by atoms with Crippen molar-refractivity contribution in [3.8, 4) is 0 Å². The number of aliphatic hydroxyl groups excluding tert-OH is 1. The summed E-state index contributed by atoms with van der Waals surface area (Å²) in [6.07, 6.45) is 4.16. The summed E-state index contributed by atoms with van der Waals surface area (Å²) in [5, 5.41) is 15.8. The Hall–Kier alpha value is -0.830. The van der Waals surface area contributed by atoms with Gasteiger partial charge in [0.05, 0.1) is 0 Å². The van der Waals surface area contributed by atoms with E-state index in [2.05, 4.69) is 13.5 Å². The van der Waals surface area contributed by atoms with Crippen molar-refractivity contribution in [2.24, 2.45) is 0 Å². The Bertz CT molecular complexity index is 95.5. The van der Waals surface area contributed by atoms with Gasteiger partial charge in [-0.15, -0.1) is 0 Å². The van der Waals surface area contributed by atoms with Gasteiger partial charge in [0, 0.05) is 12.7 Å². The first-order valence-electron chi connectivity index (χ1n) is 3.65. The third-order valence-corrected chi connectivity index (χ3v) is 0.936. The van der Waals surface area contributed by atoms with Crippen molar-refractivity contribution in [3.05, 3.63) is 12.7 Å². The average molecular weight is 160 g/mol. The van der Waals surface area contributed by atoms with Crippen LogP contribution in [-0.4, -0.2) is 22.8 Å². The number of hydrogen-bond donors (Lipinski definition) is 2. The summed E-state index contributed by atoms with van der Waals surface area (Å²) >= 11 is 0. The minimum Gasteiger partial charge on any atom is -0.478 e. The Morgan fingerprint density at radius 2 is 2.00 bits per heavy atom. The normalized spacial score (nSPS) is 7.82. The molecule has 3 heteroatoms. The number of rotatable bonds is 4. The number of hydrogen-bond acceptors (Lipinski definition) is 2. The maximum atomic E-state index is 9.25. The maximum Gasteiger partial charge on any atom is 0.327 e. The van der Waals surface area contributed by atoms with E-state index in [4.69, 9.17) is 10.2 Å². The highest BCUT2D eigenvalue weighted by Gasteiger charge is 1.76. The van der Waals surface area contributed by atoms with Crippen molar-refractivity contribution in [1.29, 1.82) is 0 Å². The highest BCUT2D eigenvalue weighted by molar-refractivity contribution is 5.78. The Balaban J connectivity index is 0. The lowest BCUT2D eigenvalue weighted by molar-refractivity contribution is -0.131. The fourth-order valence-corrected chi connectivity index (χ4v) is 0.362. The Morgan fingerprint density at radius 3 is 2.09 bits per heavy atom. The van der Waals surface area contributed by atoms with Crippen LogP contribution in [0.25, 0.3) is 0 Å². The number of aliphatic hydroxyl groups is 1. The molecule has 0 radical (unpaired) electrons. The summed E-state index contributed by atoms with van der Waals surface area (Å²) in [6.45, 7) is 5.44. The molecule has 0 spiro atoms. The molecule has 0 aromatic carbocycles. The predicted molar refractivity (Wildman–Crippen MR) is 44.4 cm³/mol. The smallest absolute Gasteiger partial charge is 0.327 e. The van der Waals surface area contributed by atoms with Gasteiger partial charge in [0.25, 0.3) is 0 Å². The molecular formula is C8H16O3. The highest BCUT2D eigenvalue weighted by atomic mass is 16.4. The van der Waals surface area contributed by atoms with E-state index in [0.29, 0.717) is 6.61 Å². The molecule has 0 aliphatic rings. The predicted octanol–water partition coefficient (Wildman–Crippen LogP) is 1.43. The minimum absolute atomic E-state index is 0.355. The molecule has 0 rings (SSSR count). The first-order chi connectivity index (χ1) is 5.18. The second-order valence-corrected chi connectivity index (χ2v) is 1.97. The SMILES string of the molecule is C=CC(=O)O.CCCCCO. The molecule has 0 aromatic heterocycles. The largest absolute Gasteiger partial charge is 0.478 e. The van der Waals surface area contributed by atoms with Gasteiger partial charge in [-0.25, -0.2) is 4.79 Å². The van der Waals surface area contributed by atoms with Crippen LogP contribution in [0.1, 0.15) is 26.2 Å². The lowest BCUT2D eigenvalue weighted by atomic mass is 10.3. The fraction of sp³-hybridized carbons (Fsp3) is 0.625. The number of carboxylic acids is 1. The summed E-state index contributed by atoms with van der Waals surface area (Å²) in [6, 6.07) is 0. The third-order valence-electron chi connectivity index (χ3n) is 0.936. The molecule has 0 heterocycles. The number of carboxylic acid groups (broad SMARTS) is 1. The Morgan fingerprint density at radius 1 is 1.55 bits per heavy atom. The molecule has 0 saturated carbocycles. The van der Waals surface area contributed by atoms with Crippen molar-refractivity contribution in [2.75, 3.05) is 6.61 Å². The Labute approximate surface area is 67.4 Å². The van der Waals surface area contributed by atoms with E-state index in [1.165, 1.54) is 6.42 Å². The van der Waals surface area contributed by atoms with Gasteiger partial charge in [-0.2, -0.15) is 0 Å². The zero-order valence-electron chi connectivity index (χ0n) is 6.92. The molecule has 0 bridgehead atoms. The summed E-state index contributed by atoms with van der Waals surface area (Å²) in [7, 11) is 0. The van der Waals surface area contributed by atoms with Crippen molar-refractivity contribution >= 4 is 5.97 Å². The van der Waals surface area contributed by atoms with Crippen LogP contribution in [0.5, 0.6) is 0 Å². The van der Waals surface area contributed by atoms with Gasteiger partial charge < -0.3 is 10.2 Å². The van der Waals surface area contributed by atoms with Crippen molar-refractivity contribution in [2.45, 2.75) is 26.2 Å². The summed E-state index contributed by atoms with van der Waals surface area (Å²) in [5.41, 5.74) is 0. The van der Waals surface area contributed by atoms with Crippen molar-refractivity contribution in [3.63, 3.8) is 0 Å². The topological polar surface area (TPSA) is 57.5 Å². The zero-order valence-corrected chi connectivity index (χ0v) is 6.92. The van der Waals surface area contributed by atoms with Gasteiger partial charge in [-0.3, -0.25) is 0 Å². The monoisotopic (exact) mass is 160 g/mol. The molecule has 0 fully saturated rings. The third kappa shape index (κ3) is 27.1. The quantitative estimate of drug-likeness (QED) is 0.483. The fourth-order valence-electron chi connectivity index (χ4n) is 0.362. The molecule has 0 amide bonds. The van der Waals surface area contributed by atoms with E-state index in [1.54, 1.807) is 0 Å². The molecule has 0 unspecified atom stereocenters. The van der Waals surface area contributed by atoms with E-state index >= 15 is 0 Å². The van der Waals surface area contributed by atoms with Crippen LogP contribution in [0.4, 0.5) is 0 Å². The average Bonchev–Trinajstić information content (AvgIpc) is 2.02. The molecule has 0 aromatic rings. The molecule has 66 valence electrons. The second kappa shape index (κ2) is 11.9. The van der Waals surface area contributed by atoms with Gasteiger partial charge in [-0.1, -0.05) is 26.3 Å². The second-order valence-electron chi connectivity index (χ2n) is 1.97. The van der Waals surface area contributed by atoms with Crippen LogP contribution in [0.3, 0.4) is 0 Å². The van der Waals surface area contributed by atoms with Crippen LogP contribution in [0, 0.1) is 0 Å². The Kier molecular flexibility index (Phi) is 13.9. The first kappa shape index (κ1) is 12.8. The molecule has 11 heavy (non-hydrogen) atoms.